The van der Waals surface area contributed by atoms with Crippen LogP contribution in [0.15, 0.2) is 45.9 Å². The number of nitrogens with zero attached hydrogens (tertiary/aromatic N) is 7. The van der Waals surface area contributed by atoms with Crippen molar-refractivity contribution >= 4 is 49.6 Å². The van der Waals surface area contributed by atoms with Crippen LogP contribution >= 0.6 is 31.9 Å². The molecule has 5 heterocycles. The largest absolute Gasteiger partial charge is 0.369 e. The minimum Gasteiger partial charge on any atom is -0.369 e. The molecule has 0 unspecified atom stereocenters. The summed E-state index contributed by atoms with van der Waals surface area (Å²) in [5.41, 5.74) is 10.2. The number of nitrogens with two attached hydrogens (primary N) is 1. The highest BCUT2D eigenvalue weighted by molar-refractivity contribution is 9.10. The van der Waals surface area contributed by atoms with Gasteiger partial charge < -0.3 is 31.3 Å². The smallest absolute Gasteiger partial charge is 0.268 e. The second-order valence-corrected chi connectivity index (χ2v) is 12.0. The van der Waals surface area contributed by atoms with Crippen LogP contribution in [0, 0.1) is 11.8 Å². The standard InChI is InChI=1S/C25H27Br2N13O2/c26-15-3-21(29-5-15)23(41)31-7-17-11-39(37-35-17)9-13-1-19-20(34-25(28)33-19)2-14(13)10-40-12-18(36-38-40)8-32-24(42)22-4-16(27)6-30-22/h3-6,11-14,29-30H,1-2,7-10H2,(H,31,41)(H,32,42)(H3,28,33,34)/t13-,14-/m0/s1. The van der Waals surface area contributed by atoms with Gasteiger partial charge in [0, 0.05) is 40.1 Å². The van der Waals surface area contributed by atoms with E-state index in [1.807, 2.05) is 12.4 Å². The highest BCUT2D eigenvalue weighted by atomic mass is 79.9. The number of nitrogen functional groups attached to an aromatic ring is 1. The van der Waals surface area contributed by atoms with E-state index < -0.39 is 0 Å². The molecule has 0 saturated carbocycles. The van der Waals surface area contributed by atoms with E-state index in [0.29, 0.717) is 48.2 Å². The first-order valence-corrected chi connectivity index (χ1v) is 14.7. The molecular formula is C25H27Br2N13O2. The first-order valence-electron chi connectivity index (χ1n) is 13.1. The highest BCUT2D eigenvalue weighted by Crippen LogP contribution is 2.32. The van der Waals surface area contributed by atoms with Crippen LogP contribution in [0.2, 0.25) is 0 Å². The van der Waals surface area contributed by atoms with E-state index in [2.05, 4.69) is 83.1 Å². The number of amides is 2. The monoisotopic (exact) mass is 699 g/mol. The summed E-state index contributed by atoms with van der Waals surface area (Å²) in [6.45, 7) is 1.72. The number of hydrogen-bond donors (Lipinski definition) is 6. The minimum absolute atomic E-state index is 0.166. The van der Waals surface area contributed by atoms with Crippen LogP contribution in [0.5, 0.6) is 0 Å². The van der Waals surface area contributed by atoms with Crippen molar-refractivity contribution in [3.63, 3.8) is 0 Å². The molecule has 15 nitrogen and oxygen atoms in total. The zero-order valence-electron chi connectivity index (χ0n) is 22.1. The Morgan fingerprint density at radius 1 is 0.881 bits per heavy atom. The Morgan fingerprint density at radius 3 is 1.90 bits per heavy atom. The van der Waals surface area contributed by atoms with E-state index in [1.54, 1.807) is 33.9 Å². The maximum Gasteiger partial charge on any atom is 0.268 e. The van der Waals surface area contributed by atoms with Crippen LogP contribution in [0.4, 0.5) is 5.95 Å². The number of carbonyl (C=O) groups is 2. The second kappa shape index (κ2) is 11.9. The number of fused-ring (bicyclic) bond motifs is 1. The average molecular weight is 701 g/mol. The lowest BCUT2D eigenvalue weighted by Crippen LogP contribution is -2.32. The molecule has 5 aromatic rings. The summed E-state index contributed by atoms with van der Waals surface area (Å²) >= 11 is 6.66. The summed E-state index contributed by atoms with van der Waals surface area (Å²) in [5.74, 6) is 0.294. The number of hydrogen-bond acceptors (Lipinski definition) is 8. The molecule has 7 N–H and O–H groups in total. The summed E-state index contributed by atoms with van der Waals surface area (Å²) in [5, 5.41) is 22.8. The van der Waals surface area contributed by atoms with E-state index in [1.165, 1.54) is 0 Å². The summed E-state index contributed by atoms with van der Waals surface area (Å²) < 4.78 is 5.21. The lowest BCUT2D eigenvalue weighted by molar-refractivity contribution is 0.0938. The van der Waals surface area contributed by atoms with Gasteiger partial charge in [0.1, 0.15) is 22.8 Å². The van der Waals surface area contributed by atoms with Gasteiger partial charge >= 0.3 is 0 Å². The zero-order valence-corrected chi connectivity index (χ0v) is 25.3. The first-order chi connectivity index (χ1) is 20.3. The van der Waals surface area contributed by atoms with Crippen molar-refractivity contribution in [2.45, 2.75) is 39.0 Å². The van der Waals surface area contributed by atoms with E-state index in [0.717, 1.165) is 26.8 Å². The van der Waals surface area contributed by atoms with Crippen molar-refractivity contribution in [3.8, 4) is 0 Å². The average Bonchev–Trinajstić information content (AvgIpc) is 3.79. The highest BCUT2D eigenvalue weighted by Gasteiger charge is 2.32. The lowest BCUT2D eigenvalue weighted by atomic mass is 9.79. The molecule has 0 aliphatic heterocycles. The molecule has 17 heteroatoms. The molecule has 0 fully saturated rings. The molecular weight excluding hydrogens is 674 g/mol. The van der Waals surface area contributed by atoms with E-state index in [4.69, 9.17) is 5.73 Å². The molecule has 0 aromatic carbocycles. The van der Waals surface area contributed by atoms with Crippen LogP contribution in [0.25, 0.3) is 0 Å². The zero-order chi connectivity index (χ0) is 29.2. The van der Waals surface area contributed by atoms with E-state index in [9.17, 15) is 9.59 Å². The molecule has 6 rings (SSSR count). The van der Waals surface area contributed by atoms with Crippen LogP contribution in [-0.2, 0) is 39.0 Å². The number of nitrogens with one attached hydrogen (secondary N) is 5. The molecule has 2 atom stereocenters. The predicted octanol–water partition coefficient (Wildman–Crippen LogP) is 1.95. The third kappa shape index (κ3) is 6.46. The van der Waals surface area contributed by atoms with Crippen molar-refractivity contribution < 1.29 is 9.59 Å². The number of rotatable bonds is 10. The molecule has 0 saturated heterocycles. The molecule has 0 bridgehead atoms. The summed E-state index contributed by atoms with van der Waals surface area (Å²) in [7, 11) is 0. The fourth-order valence-electron chi connectivity index (χ4n) is 5.10. The van der Waals surface area contributed by atoms with Crippen LogP contribution < -0.4 is 16.4 Å². The second-order valence-electron chi connectivity index (χ2n) is 10.2. The predicted molar refractivity (Wildman–Crippen MR) is 157 cm³/mol. The van der Waals surface area contributed by atoms with Gasteiger partial charge in [-0.1, -0.05) is 10.4 Å². The van der Waals surface area contributed by atoms with Gasteiger partial charge in [-0.25, -0.2) is 4.98 Å². The topological polar surface area (TPSA) is 206 Å². The van der Waals surface area contributed by atoms with Gasteiger partial charge in [-0.2, -0.15) is 0 Å². The van der Waals surface area contributed by atoms with Gasteiger partial charge in [0.25, 0.3) is 11.8 Å². The Balaban J connectivity index is 1.09. The fraction of sp³-hybridized carbons (Fsp3) is 0.320. The quantitative estimate of drug-likeness (QED) is 0.127. The Morgan fingerprint density at radius 2 is 1.40 bits per heavy atom. The van der Waals surface area contributed by atoms with E-state index in [-0.39, 0.29) is 36.7 Å². The Kier molecular flexibility index (Phi) is 7.92. The Labute approximate surface area is 255 Å². The normalized spacial score (nSPS) is 16.3. The molecule has 42 heavy (non-hydrogen) atoms. The van der Waals surface area contributed by atoms with Gasteiger partial charge in [-0.15, -0.1) is 10.2 Å². The van der Waals surface area contributed by atoms with Crippen LogP contribution in [0.3, 0.4) is 0 Å². The fourth-order valence-corrected chi connectivity index (χ4v) is 5.79. The van der Waals surface area contributed by atoms with Crippen molar-refractivity contribution in [3.05, 3.63) is 80.0 Å². The summed E-state index contributed by atoms with van der Waals surface area (Å²) in [6, 6.07) is 3.42. The Hall–Kier alpha value is -4.25. The number of aromatic amines is 3. The molecule has 1 aliphatic carbocycles. The lowest BCUT2D eigenvalue weighted by Gasteiger charge is -2.30. The number of H-pyrrole nitrogens is 3. The number of carbonyl (C=O) groups excluding carboxylic acids is 2. The van der Waals surface area contributed by atoms with Gasteiger partial charge in [-0.05, 0) is 68.7 Å². The number of anilines is 1. The van der Waals surface area contributed by atoms with Crippen molar-refractivity contribution in [1.29, 1.82) is 0 Å². The Bertz CT molecular complexity index is 1590. The van der Waals surface area contributed by atoms with Crippen molar-refractivity contribution in [2.24, 2.45) is 11.8 Å². The van der Waals surface area contributed by atoms with Gasteiger partial charge in [0.2, 0.25) is 0 Å². The maximum atomic E-state index is 12.4. The molecule has 1 aliphatic rings. The molecule has 0 radical (unpaired) electrons. The summed E-state index contributed by atoms with van der Waals surface area (Å²) in [4.78, 5) is 38.2. The van der Waals surface area contributed by atoms with Crippen LogP contribution in [-0.4, -0.2) is 61.7 Å². The molecule has 2 amide bonds. The van der Waals surface area contributed by atoms with Gasteiger partial charge in [-0.3, -0.25) is 19.0 Å². The SMILES string of the molecule is Nc1nc2c([nH]1)C[C@@H](Cn1cc(CNC(=O)c3cc(Br)c[nH]3)nn1)[C@H](Cn1cc(CNC(=O)c3cc(Br)c[nH]3)nn1)C2. The molecule has 218 valence electrons. The van der Waals surface area contributed by atoms with Crippen molar-refractivity contribution in [1.82, 2.24) is 60.6 Å². The third-order valence-corrected chi connectivity index (χ3v) is 8.05. The van der Waals surface area contributed by atoms with Crippen LogP contribution in [0.1, 0.15) is 43.8 Å². The van der Waals surface area contributed by atoms with E-state index >= 15 is 0 Å². The molecule has 5 aromatic heterocycles. The third-order valence-electron chi connectivity index (χ3n) is 7.13. The number of imidazole rings is 1. The van der Waals surface area contributed by atoms with Crippen molar-refractivity contribution in [2.75, 3.05) is 5.73 Å². The number of halogens is 2. The van der Waals surface area contributed by atoms with Gasteiger partial charge in [0.05, 0.1) is 31.2 Å². The maximum absolute atomic E-state index is 12.4. The number of aromatic nitrogens is 10. The first kappa shape index (κ1) is 27.9. The van der Waals surface area contributed by atoms with Gasteiger partial charge in [0.15, 0.2) is 5.95 Å². The summed E-state index contributed by atoms with van der Waals surface area (Å²) in [6.07, 6.45) is 8.54. The molecule has 0 spiro atoms. The minimum atomic E-state index is -0.226.